The van der Waals surface area contributed by atoms with Crippen molar-refractivity contribution in [2.45, 2.75) is 26.0 Å². The molecule has 0 spiro atoms. The largest absolute Gasteiger partial charge is 0.489 e. The number of anilines is 2. The minimum absolute atomic E-state index is 0.560. The highest BCUT2D eigenvalue weighted by molar-refractivity contribution is 5.90. The first-order valence-electron chi connectivity index (χ1n) is 10.9. The average molecular weight is 411 g/mol. The number of nitrogens with zero attached hydrogens (tertiary/aromatic N) is 3. The average Bonchev–Trinajstić information content (AvgIpc) is 3.32. The summed E-state index contributed by atoms with van der Waals surface area (Å²) in [4.78, 5) is 12.1. The lowest BCUT2D eigenvalue weighted by atomic mass is 10.2. The summed E-state index contributed by atoms with van der Waals surface area (Å²) in [6.45, 7) is 3.61. The van der Waals surface area contributed by atoms with E-state index >= 15 is 0 Å². The predicted octanol–water partition coefficient (Wildman–Crippen LogP) is 5.55. The van der Waals surface area contributed by atoms with Gasteiger partial charge >= 0.3 is 0 Å². The Labute approximate surface area is 182 Å². The van der Waals surface area contributed by atoms with Crippen LogP contribution in [-0.4, -0.2) is 28.0 Å². The molecule has 0 aliphatic carbocycles. The molecule has 0 atom stereocenters. The summed E-state index contributed by atoms with van der Waals surface area (Å²) in [7, 11) is 0. The molecular formula is C26H26N4O. The van der Waals surface area contributed by atoms with E-state index in [4.69, 9.17) is 14.7 Å². The second kappa shape index (κ2) is 9.14. The van der Waals surface area contributed by atoms with Crippen LogP contribution in [0.3, 0.4) is 0 Å². The Morgan fingerprint density at radius 2 is 1.55 bits per heavy atom. The van der Waals surface area contributed by atoms with E-state index in [0.29, 0.717) is 6.61 Å². The third-order valence-corrected chi connectivity index (χ3v) is 5.58. The third-order valence-electron chi connectivity index (χ3n) is 5.58. The predicted molar refractivity (Wildman–Crippen MR) is 125 cm³/mol. The molecule has 1 saturated heterocycles. The fraction of sp³-hybridized carbons (Fsp3) is 0.231. The monoisotopic (exact) mass is 410 g/mol. The van der Waals surface area contributed by atoms with E-state index in [1.165, 1.54) is 12.8 Å². The summed E-state index contributed by atoms with van der Waals surface area (Å²) in [5.74, 6) is 2.56. The lowest BCUT2D eigenvalue weighted by molar-refractivity contribution is 0.306. The van der Waals surface area contributed by atoms with Crippen molar-refractivity contribution in [3.05, 3.63) is 90.3 Å². The van der Waals surface area contributed by atoms with Crippen molar-refractivity contribution in [3.63, 3.8) is 0 Å². The number of aromatic nitrogens is 2. The lowest BCUT2D eigenvalue weighted by Crippen LogP contribution is -2.20. The molecule has 3 aromatic carbocycles. The van der Waals surface area contributed by atoms with Gasteiger partial charge in [0.2, 0.25) is 0 Å². The van der Waals surface area contributed by atoms with Crippen LogP contribution >= 0.6 is 0 Å². The number of rotatable bonds is 7. The molecule has 156 valence electrons. The number of benzene rings is 3. The van der Waals surface area contributed by atoms with Crippen molar-refractivity contribution in [3.8, 4) is 5.75 Å². The van der Waals surface area contributed by atoms with Gasteiger partial charge in [-0.25, -0.2) is 9.97 Å². The van der Waals surface area contributed by atoms with Gasteiger partial charge in [-0.2, -0.15) is 0 Å². The molecule has 2 heterocycles. The summed E-state index contributed by atoms with van der Waals surface area (Å²) in [6.07, 6.45) is 2.52. The zero-order valence-electron chi connectivity index (χ0n) is 17.5. The van der Waals surface area contributed by atoms with E-state index in [-0.39, 0.29) is 0 Å². The number of para-hydroxylation sites is 1. The van der Waals surface area contributed by atoms with Gasteiger partial charge in [0, 0.05) is 11.1 Å². The third kappa shape index (κ3) is 4.84. The Kier molecular flexibility index (Phi) is 5.76. The molecule has 0 amide bonds. The topological polar surface area (TPSA) is 50.3 Å². The summed E-state index contributed by atoms with van der Waals surface area (Å²) < 4.78 is 5.90. The summed E-state index contributed by atoms with van der Waals surface area (Å²) in [5.41, 5.74) is 3.10. The smallest absolute Gasteiger partial charge is 0.145 e. The van der Waals surface area contributed by atoms with Crippen LogP contribution in [-0.2, 0) is 13.2 Å². The van der Waals surface area contributed by atoms with E-state index in [0.717, 1.165) is 59.2 Å². The van der Waals surface area contributed by atoms with Gasteiger partial charge in [-0.3, -0.25) is 4.90 Å². The maximum Gasteiger partial charge on any atom is 0.145 e. The quantitative estimate of drug-likeness (QED) is 0.433. The normalized spacial score (nSPS) is 14.1. The SMILES string of the molecule is c1ccc(COc2ccc(Nc3nc(CN4CCCC4)nc4ccccc34)cc2)cc1. The standard InChI is InChI=1S/C26H26N4O/c1-2-8-20(9-3-1)19-31-22-14-12-21(13-15-22)27-26-23-10-4-5-11-24(23)28-25(29-26)18-30-16-6-7-17-30/h1-5,8-15H,6-7,16-19H2,(H,27,28,29). The van der Waals surface area contributed by atoms with Gasteiger partial charge in [-0.15, -0.1) is 0 Å². The van der Waals surface area contributed by atoms with Crippen molar-refractivity contribution >= 4 is 22.4 Å². The Balaban J connectivity index is 1.33. The van der Waals surface area contributed by atoms with E-state index in [1.807, 2.05) is 54.6 Å². The molecule has 1 N–H and O–H groups in total. The highest BCUT2D eigenvalue weighted by Gasteiger charge is 2.15. The minimum atomic E-state index is 0.560. The summed E-state index contributed by atoms with van der Waals surface area (Å²) in [6, 6.07) is 26.4. The van der Waals surface area contributed by atoms with Crippen LogP contribution in [0.2, 0.25) is 0 Å². The highest BCUT2D eigenvalue weighted by Crippen LogP contribution is 2.26. The molecule has 31 heavy (non-hydrogen) atoms. The molecule has 5 heteroatoms. The van der Waals surface area contributed by atoms with Crippen molar-refractivity contribution < 1.29 is 4.74 Å². The molecule has 0 unspecified atom stereocenters. The molecule has 0 radical (unpaired) electrons. The molecule has 1 aliphatic heterocycles. The van der Waals surface area contributed by atoms with E-state index in [9.17, 15) is 0 Å². The molecule has 5 nitrogen and oxygen atoms in total. The van der Waals surface area contributed by atoms with E-state index < -0.39 is 0 Å². The van der Waals surface area contributed by atoms with Crippen LogP contribution < -0.4 is 10.1 Å². The van der Waals surface area contributed by atoms with Gasteiger partial charge < -0.3 is 10.1 Å². The zero-order valence-corrected chi connectivity index (χ0v) is 17.5. The van der Waals surface area contributed by atoms with Gasteiger partial charge in [-0.05, 0) is 67.9 Å². The number of likely N-dealkylation sites (tertiary alicyclic amines) is 1. The number of fused-ring (bicyclic) bond motifs is 1. The van der Waals surface area contributed by atoms with Crippen LogP contribution in [0.1, 0.15) is 24.2 Å². The summed E-state index contributed by atoms with van der Waals surface area (Å²) >= 11 is 0. The van der Waals surface area contributed by atoms with Crippen molar-refractivity contribution in [1.82, 2.24) is 14.9 Å². The fourth-order valence-corrected chi connectivity index (χ4v) is 3.94. The molecule has 1 fully saturated rings. The van der Waals surface area contributed by atoms with Gasteiger partial charge in [0.25, 0.3) is 0 Å². The first-order valence-corrected chi connectivity index (χ1v) is 10.9. The fourth-order valence-electron chi connectivity index (χ4n) is 3.94. The van der Waals surface area contributed by atoms with Crippen LogP contribution in [0.15, 0.2) is 78.9 Å². The Bertz CT molecular complexity index is 1140. The van der Waals surface area contributed by atoms with Crippen LogP contribution in [0.5, 0.6) is 5.75 Å². The molecule has 5 rings (SSSR count). The van der Waals surface area contributed by atoms with Gasteiger partial charge in [-0.1, -0.05) is 42.5 Å². The van der Waals surface area contributed by atoms with E-state index in [2.05, 4.69) is 34.5 Å². The zero-order chi connectivity index (χ0) is 20.9. The van der Waals surface area contributed by atoms with Crippen LogP contribution in [0, 0.1) is 0 Å². The van der Waals surface area contributed by atoms with Crippen LogP contribution in [0.4, 0.5) is 11.5 Å². The van der Waals surface area contributed by atoms with Crippen molar-refractivity contribution in [1.29, 1.82) is 0 Å². The number of ether oxygens (including phenoxy) is 1. The second-order valence-corrected chi connectivity index (χ2v) is 7.91. The first kappa shape index (κ1) is 19.5. The molecular weight excluding hydrogens is 384 g/mol. The van der Waals surface area contributed by atoms with Crippen molar-refractivity contribution in [2.24, 2.45) is 0 Å². The number of hydrogen-bond donors (Lipinski definition) is 1. The first-order chi connectivity index (χ1) is 15.3. The van der Waals surface area contributed by atoms with Gasteiger partial charge in [0.05, 0.1) is 12.1 Å². The Morgan fingerprint density at radius 1 is 0.806 bits per heavy atom. The number of nitrogens with one attached hydrogen (secondary N) is 1. The van der Waals surface area contributed by atoms with E-state index in [1.54, 1.807) is 0 Å². The van der Waals surface area contributed by atoms with Gasteiger partial charge in [0.15, 0.2) is 0 Å². The van der Waals surface area contributed by atoms with Crippen molar-refractivity contribution in [2.75, 3.05) is 18.4 Å². The highest BCUT2D eigenvalue weighted by atomic mass is 16.5. The molecule has 1 aromatic heterocycles. The maximum atomic E-state index is 5.90. The lowest BCUT2D eigenvalue weighted by Gasteiger charge is -2.16. The minimum Gasteiger partial charge on any atom is -0.489 e. The van der Waals surface area contributed by atoms with Crippen LogP contribution in [0.25, 0.3) is 10.9 Å². The second-order valence-electron chi connectivity index (χ2n) is 7.91. The maximum absolute atomic E-state index is 5.90. The molecule has 1 aliphatic rings. The Hall–Kier alpha value is -3.44. The molecule has 0 bridgehead atoms. The molecule has 4 aromatic rings. The van der Waals surface area contributed by atoms with Gasteiger partial charge in [0.1, 0.15) is 24.0 Å². The Morgan fingerprint density at radius 3 is 2.35 bits per heavy atom. The molecule has 0 saturated carbocycles. The summed E-state index contributed by atoms with van der Waals surface area (Å²) in [5, 5.41) is 4.51. The number of hydrogen-bond acceptors (Lipinski definition) is 5.